The molecule has 1 rings (SSSR count). The summed E-state index contributed by atoms with van der Waals surface area (Å²) in [6.45, 7) is -2.48. The summed E-state index contributed by atoms with van der Waals surface area (Å²) >= 11 is 0. The predicted molar refractivity (Wildman–Crippen MR) is 13.1 cm³/mol. The number of ether oxygens (including phenoxy) is 1. The zero-order valence-corrected chi connectivity index (χ0v) is 3.44. The molecule has 0 aromatic rings. The number of hydrogen-bond acceptors (Lipinski definition) is 3. The van der Waals surface area contributed by atoms with Crippen LogP contribution in [0.2, 0.25) is 0 Å². The number of alkyl halides is 3. The molecule has 0 bridgehead atoms. The van der Waals surface area contributed by atoms with Crippen molar-refractivity contribution in [2.75, 3.05) is 0 Å². The Bertz CT molecular complexity index is 94.5. The number of hydrogen-bond donors (Lipinski definition) is 0. The van der Waals surface area contributed by atoms with Gasteiger partial charge in [0.25, 0.3) is 0 Å². The molecule has 1 heterocycles. The van der Waals surface area contributed by atoms with E-state index in [0.717, 1.165) is 0 Å². The largest absolute Gasteiger partial charge is 0.517 e. The Morgan fingerprint density at radius 3 is 2.12 bits per heavy atom. The van der Waals surface area contributed by atoms with Gasteiger partial charge in [0, 0.05) is 0 Å². The second-order valence-corrected chi connectivity index (χ2v) is 1.04. The lowest BCUT2D eigenvalue weighted by Gasteiger charge is -1.97. The summed E-state index contributed by atoms with van der Waals surface area (Å²) < 4.78 is 37.2. The van der Waals surface area contributed by atoms with Gasteiger partial charge in [-0.05, 0) is 0 Å². The number of halogens is 3. The molecule has 0 radical (unpaired) electrons. The molecule has 0 amide bonds. The first kappa shape index (κ1) is 5.80. The van der Waals surface area contributed by atoms with Gasteiger partial charge < -0.3 is 0 Å². The van der Waals surface area contributed by atoms with Crippen LogP contribution in [0.3, 0.4) is 0 Å². The Kier molecular flexibility index (Phi) is 1.14. The van der Waals surface area contributed by atoms with Gasteiger partial charge in [0.05, 0.1) is 0 Å². The molecular weight excluding hydrogens is 129 g/mol. The van der Waals surface area contributed by atoms with Crippen LogP contribution in [0.5, 0.6) is 0 Å². The van der Waals surface area contributed by atoms with Crippen LogP contribution >= 0.6 is 0 Å². The van der Waals surface area contributed by atoms with Gasteiger partial charge in [0.1, 0.15) is 0 Å². The zero-order chi connectivity index (χ0) is 6.20. The Labute approximate surface area is 41.9 Å². The Balaban J connectivity index is 2.44. The van der Waals surface area contributed by atoms with Crippen molar-refractivity contribution in [3.05, 3.63) is 0 Å². The van der Waals surface area contributed by atoms with Gasteiger partial charge in [-0.25, -0.2) is 4.74 Å². The van der Waals surface area contributed by atoms with E-state index in [4.69, 9.17) is 0 Å². The first-order chi connectivity index (χ1) is 3.60. The van der Waals surface area contributed by atoms with Crippen molar-refractivity contribution in [2.24, 2.45) is 0 Å². The van der Waals surface area contributed by atoms with Crippen LogP contribution in [0, 0.1) is 0 Å². The maximum Gasteiger partial charge on any atom is 0.517 e. The van der Waals surface area contributed by atoms with Gasteiger partial charge >= 0.3 is 12.8 Å². The summed E-state index contributed by atoms with van der Waals surface area (Å²) in [7, 11) is 0. The van der Waals surface area contributed by atoms with Crippen molar-refractivity contribution >= 4 is 0 Å². The molecule has 8 heavy (non-hydrogen) atoms. The van der Waals surface area contributed by atoms with E-state index in [9.17, 15) is 13.2 Å². The maximum absolute atomic E-state index is 11.4. The molecular formula is C2HF3O3. The van der Waals surface area contributed by atoms with E-state index >= 15 is 0 Å². The van der Waals surface area contributed by atoms with Crippen molar-refractivity contribution in [1.29, 1.82) is 0 Å². The first-order valence-electron chi connectivity index (χ1n) is 1.64. The highest BCUT2D eigenvalue weighted by Gasteiger charge is 2.45. The van der Waals surface area contributed by atoms with Crippen LogP contribution < -0.4 is 0 Å². The fraction of sp³-hybridized carbons (Fsp3) is 1.00. The quantitative estimate of drug-likeness (QED) is 0.453. The molecule has 0 aromatic carbocycles. The average molecular weight is 130 g/mol. The van der Waals surface area contributed by atoms with Gasteiger partial charge in [-0.2, -0.15) is 9.28 Å². The molecule has 1 atom stereocenters. The lowest BCUT2D eigenvalue weighted by atomic mass is 11.2. The third-order valence-electron chi connectivity index (χ3n) is 0.451. The minimum Gasteiger partial charge on any atom is -0.232 e. The van der Waals surface area contributed by atoms with Crippen LogP contribution in [-0.4, -0.2) is 12.8 Å². The molecule has 48 valence electrons. The first-order valence-corrected chi connectivity index (χ1v) is 1.64. The number of rotatable bonds is 0. The highest BCUT2D eigenvalue weighted by Crippen LogP contribution is 2.27. The maximum atomic E-state index is 11.4. The van der Waals surface area contributed by atoms with Gasteiger partial charge in [-0.1, -0.05) is 0 Å². The Hall–Kier alpha value is -0.330. The molecule has 0 N–H and O–H groups in total. The third-order valence-corrected chi connectivity index (χ3v) is 0.451. The van der Waals surface area contributed by atoms with Gasteiger partial charge in [-0.3, -0.25) is 0 Å². The van der Waals surface area contributed by atoms with Gasteiger partial charge in [0.2, 0.25) is 0 Å². The SMILES string of the molecule is F[C@@H]1OOC(F)(F)O1. The molecule has 0 saturated carbocycles. The van der Waals surface area contributed by atoms with Gasteiger partial charge in [0.15, 0.2) is 0 Å². The van der Waals surface area contributed by atoms with E-state index in [-0.39, 0.29) is 0 Å². The smallest absolute Gasteiger partial charge is 0.232 e. The fourth-order valence-corrected chi connectivity index (χ4v) is 0.241. The lowest BCUT2D eigenvalue weighted by molar-refractivity contribution is -0.426. The van der Waals surface area contributed by atoms with E-state index in [1.165, 1.54) is 0 Å². The third kappa shape index (κ3) is 1.09. The van der Waals surface area contributed by atoms with Crippen LogP contribution in [0.15, 0.2) is 0 Å². The molecule has 6 heteroatoms. The lowest BCUT2D eigenvalue weighted by Crippen LogP contribution is -2.15. The molecule has 0 aliphatic carbocycles. The molecule has 3 nitrogen and oxygen atoms in total. The molecule has 1 aliphatic rings. The van der Waals surface area contributed by atoms with Crippen molar-refractivity contribution in [3.63, 3.8) is 0 Å². The van der Waals surface area contributed by atoms with Crippen LogP contribution in [0.25, 0.3) is 0 Å². The summed E-state index contributed by atoms with van der Waals surface area (Å²) in [6.07, 6.45) is -3.93. The van der Waals surface area contributed by atoms with Crippen molar-refractivity contribution in [2.45, 2.75) is 12.8 Å². The van der Waals surface area contributed by atoms with E-state index < -0.39 is 12.8 Å². The molecule has 0 spiro atoms. The average Bonchev–Trinajstić information content (AvgIpc) is 1.82. The highest BCUT2D eigenvalue weighted by molar-refractivity contribution is 4.31. The molecule has 1 aliphatic heterocycles. The van der Waals surface area contributed by atoms with Crippen LogP contribution in [0.1, 0.15) is 0 Å². The standard InChI is InChI=1S/C2HF3O3/c3-1-6-2(4,5)8-7-1/h1H/t1-/m0/s1. The van der Waals surface area contributed by atoms with Crippen molar-refractivity contribution < 1.29 is 27.7 Å². The highest BCUT2D eigenvalue weighted by atomic mass is 19.3. The minimum absolute atomic E-state index is 2.48. The van der Waals surface area contributed by atoms with E-state index in [0.29, 0.717) is 0 Å². The topological polar surface area (TPSA) is 27.7 Å². The molecule has 1 saturated heterocycles. The molecule has 0 aromatic heterocycles. The second kappa shape index (κ2) is 1.57. The van der Waals surface area contributed by atoms with Gasteiger partial charge in [-0.15, -0.1) is 13.7 Å². The zero-order valence-electron chi connectivity index (χ0n) is 3.44. The van der Waals surface area contributed by atoms with Crippen LogP contribution in [0.4, 0.5) is 13.2 Å². The Morgan fingerprint density at radius 1 is 1.38 bits per heavy atom. The summed E-state index contributed by atoms with van der Waals surface area (Å²) in [4.78, 5) is 6.25. The summed E-state index contributed by atoms with van der Waals surface area (Å²) in [5, 5.41) is 0. The van der Waals surface area contributed by atoms with E-state index in [2.05, 4.69) is 14.5 Å². The van der Waals surface area contributed by atoms with Crippen molar-refractivity contribution in [3.8, 4) is 0 Å². The van der Waals surface area contributed by atoms with E-state index in [1.807, 2.05) is 0 Å². The second-order valence-electron chi connectivity index (χ2n) is 1.04. The summed E-state index contributed by atoms with van der Waals surface area (Å²) in [5.41, 5.74) is 0. The predicted octanol–water partition coefficient (Wildman–Crippen LogP) is 0.768. The van der Waals surface area contributed by atoms with E-state index in [1.54, 1.807) is 0 Å². The van der Waals surface area contributed by atoms with Crippen molar-refractivity contribution in [1.82, 2.24) is 0 Å². The minimum atomic E-state index is -3.93. The molecule has 0 unspecified atom stereocenters. The normalized spacial score (nSPS) is 35.6. The fourth-order valence-electron chi connectivity index (χ4n) is 0.241. The Morgan fingerprint density at radius 2 is 2.00 bits per heavy atom. The molecule has 1 fully saturated rings. The van der Waals surface area contributed by atoms with Crippen LogP contribution in [-0.2, 0) is 14.5 Å². The monoisotopic (exact) mass is 130 g/mol. The summed E-state index contributed by atoms with van der Waals surface area (Å²) in [5.74, 6) is 0. The summed E-state index contributed by atoms with van der Waals surface area (Å²) in [6, 6.07) is 0.